The number of hydrogen-bond acceptors (Lipinski definition) is 6. The van der Waals surface area contributed by atoms with E-state index in [-0.39, 0.29) is 17.7 Å². The molecule has 0 aliphatic heterocycles. The number of rotatable bonds is 8. The Kier molecular flexibility index (Phi) is 7.00. The highest BCUT2D eigenvalue weighted by Crippen LogP contribution is 2.29. The zero-order valence-electron chi connectivity index (χ0n) is 19.0. The van der Waals surface area contributed by atoms with Crippen LogP contribution < -0.4 is 4.74 Å². The zero-order chi connectivity index (χ0) is 25.9. The van der Waals surface area contributed by atoms with Crippen LogP contribution in [0.25, 0.3) is 0 Å². The summed E-state index contributed by atoms with van der Waals surface area (Å²) in [6.45, 7) is 1.27. The maximum atomic E-state index is 12.6. The standard InChI is InChI=1S/C27H20F3NO5/c1-16(31-36-14-17-6-10-19(11-7-17)27(28,29)30)18-8-12-20(13-9-18)35-15-23(32)24-25(33)21-4-2-3-5-22(21)26(24)34/h2-13,24H,14-15H2,1H3. The molecular weight excluding hydrogens is 475 g/mol. The smallest absolute Gasteiger partial charge is 0.416 e. The number of halogens is 3. The molecule has 0 atom stereocenters. The molecule has 0 amide bonds. The Morgan fingerprint density at radius 1 is 0.889 bits per heavy atom. The summed E-state index contributed by atoms with van der Waals surface area (Å²) in [5.74, 6) is -2.65. The Morgan fingerprint density at radius 2 is 1.47 bits per heavy atom. The second-order valence-corrected chi connectivity index (χ2v) is 8.13. The topological polar surface area (TPSA) is 82.0 Å². The van der Waals surface area contributed by atoms with Gasteiger partial charge in [0, 0.05) is 11.1 Å². The van der Waals surface area contributed by atoms with E-state index in [9.17, 15) is 27.6 Å². The van der Waals surface area contributed by atoms with Crippen LogP contribution >= 0.6 is 0 Å². The fraction of sp³-hybridized carbons (Fsp3) is 0.185. The number of carbonyl (C=O) groups excluding carboxylic acids is 3. The molecular formula is C27H20F3NO5. The van der Waals surface area contributed by atoms with Gasteiger partial charge in [-0.2, -0.15) is 13.2 Å². The summed E-state index contributed by atoms with van der Waals surface area (Å²) in [7, 11) is 0. The minimum atomic E-state index is -4.39. The lowest BCUT2D eigenvalue weighted by Crippen LogP contribution is -2.30. The molecule has 6 nitrogen and oxygen atoms in total. The van der Waals surface area contributed by atoms with E-state index in [1.54, 1.807) is 43.3 Å². The van der Waals surface area contributed by atoms with E-state index < -0.39 is 41.6 Å². The predicted octanol–water partition coefficient (Wildman–Crippen LogP) is 5.29. The molecule has 184 valence electrons. The molecule has 0 saturated carbocycles. The van der Waals surface area contributed by atoms with Crippen LogP contribution in [0.15, 0.2) is 78.0 Å². The van der Waals surface area contributed by atoms with Crippen LogP contribution in [0.3, 0.4) is 0 Å². The molecule has 9 heteroatoms. The van der Waals surface area contributed by atoms with Gasteiger partial charge >= 0.3 is 6.18 Å². The van der Waals surface area contributed by atoms with Crippen LogP contribution in [-0.2, 0) is 22.4 Å². The summed E-state index contributed by atoms with van der Waals surface area (Å²) in [6.07, 6.45) is -4.39. The molecule has 0 fully saturated rings. The summed E-state index contributed by atoms with van der Waals surface area (Å²) in [4.78, 5) is 42.7. The number of fused-ring (bicyclic) bond motifs is 1. The number of benzene rings is 3. The normalized spacial score (nSPS) is 14.1. The van der Waals surface area contributed by atoms with Gasteiger partial charge < -0.3 is 9.57 Å². The van der Waals surface area contributed by atoms with Gasteiger partial charge in [-0.1, -0.05) is 41.6 Å². The third kappa shape index (κ3) is 5.35. The van der Waals surface area contributed by atoms with E-state index in [1.807, 2.05) is 0 Å². The number of Topliss-reactive ketones (excluding diaryl/α,β-unsaturated/α-hetero) is 3. The number of ketones is 3. The van der Waals surface area contributed by atoms with Crippen molar-refractivity contribution < 1.29 is 37.1 Å². The summed E-state index contributed by atoms with van der Waals surface area (Å²) in [5.41, 5.74) is 1.51. The van der Waals surface area contributed by atoms with Gasteiger partial charge in [-0.15, -0.1) is 0 Å². The molecule has 0 aromatic heterocycles. The fourth-order valence-electron chi connectivity index (χ4n) is 3.71. The first-order valence-electron chi connectivity index (χ1n) is 10.9. The number of oxime groups is 1. The molecule has 0 heterocycles. The molecule has 4 rings (SSSR count). The van der Waals surface area contributed by atoms with Crippen molar-refractivity contribution in [2.75, 3.05) is 6.61 Å². The summed E-state index contributed by atoms with van der Waals surface area (Å²) in [5, 5.41) is 3.98. The number of alkyl halides is 3. The van der Waals surface area contributed by atoms with Crippen molar-refractivity contribution in [2.45, 2.75) is 19.7 Å². The summed E-state index contributed by atoms with van der Waals surface area (Å²) >= 11 is 0. The number of carbonyl (C=O) groups is 3. The van der Waals surface area contributed by atoms with Crippen LogP contribution in [0, 0.1) is 5.92 Å². The molecule has 1 aliphatic rings. The second kappa shape index (κ2) is 10.2. The largest absolute Gasteiger partial charge is 0.486 e. The van der Waals surface area contributed by atoms with Crippen LogP contribution in [0.1, 0.15) is 44.3 Å². The molecule has 0 spiro atoms. The van der Waals surface area contributed by atoms with Crippen LogP contribution in [0.5, 0.6) is 5.75 Å². The van der Waals surface area contributed by atoms with E-state index in [1.165, 1.54) is 24.3 Å². The van der Waals surface area contributed by atoms with E-state index in [4.69, 9.17) is 9.57 Å². The predicted molar refractivity (Wildman–Crippen MR) is 124 cm³/mol. The van der Waals surface area contributed by atoms with Crippen LogP contribution in [-0.4, -0.2) is 29.7 Å². The van der Waals surface area contributed by atoms with Crippen molar-refractivity contribution in [3.8, 4) is 5.75 Å². The molecule has 1 aliphatic carbocycles. The van der Waals surface area contributed by atoms with Gasteiger partial charge in [0.25, 0.3) is 0 Å². The average Bonchev–Trinajstić information content (AvgIpc) is 3.12. The van der Waals surface area contributed by atoms with Crippen molar-refractivity contribution >= 4 is 23.1 Å². The summed E-state index contributed by atoms with van der Waals surface area (Å²) in [6, 6.07) is 17.5. The molecule has 0 N–H and O–H groups in total. The molecule has 36 heavy (non-hydrogen) atoms. The van der Waals surface area contributed by atoms with E-state index in [2.05, 4.69) is 5.16 Å². The molecule has 3 aromatic carbocycles. The van der Waals surface area contributed by atoms with Crippen molar-refractivity contribution in [1.29, 1.82) is 0 Å². The van der Waals surface area contributed by atoms with E-state index in [0.29, 0.717) is 22.6 Å². The quantitative estimate of drug-likeness (QED) is 0.241. The zero-order valence-corrected chi connectivity index (χ0v) is 19.0. The Morgan fingerprint density at radius 3 is 2.03 bits per heavy atom. The molecule has 0 unspecified atom stereocenters. The Labute approximate surface area is 204 Å². The first-order chi connectivity index (χ1) is 17.1. The van der Waals surface area contributed by atoms with Gasteiger partial charge in [0.15, 0.2) is 17.3 Å². The molecule has 0 saturated heterocycles. The van der Waals surface area contributed by atoms with Gasteiger partial charge in [0.05, 0.1) is 11.3 Å². The monoisotopic (exact) mass is 495 g/mol. The van der Waals surface area contributed by atoms with E-state index in [0.717, 1.165) is 12.1 Å². The van der Waals surface area contributed by atoms with Crippen molar-refractivity contribution in [3.63, 3.8) is 0 Å². The first kappa shape index (κ1) is 24.8. The highest BCUT2D eigenvalue weighted by Gasteiger charge is 2.43. The molecule has 0 radical (unpaired) electrons. The fourth-order valence-corrected chi connectivity index (χ4v) is 3.71. The highest BCUT2D eigenvalue weighted by molar-refractivity contribution is 6.35. The SMILES string of the molecule is CC(=NOCc1ccc(C(F)(F)F)cc1)c1ccc(OCC(=O)C2C(=O)c3ccccc3C2=O)cc1. The van der Waals surface area contributed by atoms with Gasteiger partial charge in [-0.05, 0) is 54.4 Å². The van der Waals surface area contributed by atoms with Gasteiger partial charge in [-0.25, -0.2) is 0 Å². The Balaban J connectivity index is 1.29. The molecule has 3 aromatic rings. The minimum absolute atomic E-state index is 0.00125. The number of nitrogens with zero attached hydrogens (tertiary/aromatic N) is 1. The van der Waals surface area contributed by atoms with Gasteiger partial charge in [0.2, 0.25) is 0 Å². The third-order valence-corrected chi connectivity index (χ3v) is 5.67. The average molecular weight is 495 g/mol. The highest BCUT2D eigenvalue weighted by atomic mass is 19.4. The van der Waals surface area contributed by atoms with Crippen LogP contribution in [0.4, 0.5) is 13.2 Å². The lowest BCUT2D eigenvalue weighted by Gasteiger charge is -2.09. The molecule has 0 bridgehead atoms. The first-order valence-corrected chi connectivity index (χ1v) is 10.9. The van der Waals surface area contributed by atoms with E-state index >= 15 is 0 Å². The van der Waals surface area contributed by atoms with Crippen molar-refractivity contribution in [2.24, 2.45) is 11.1 Å². The van der Waals surface area contributed by atoms with Crippen molar-refractivity contribution in [3.05, 3.63) is 101 Å². The maximum absolute atomic E-state index is 12.6. The Bertz CT molecular complexity index is 1290. The maximum Gasteiger partial charge on any atom is 0.416 e. The lowest BCUT2D eigenvalue weighted by molar-refractivity contribution is -0.137. The number of ether oxygens (including phenoxy) is 1. The van der Waals surface area contributed by atoms with Gasteiger partial charge in [-0.3, -0.25) is 14.4 Å². The third-order valence-electron chi connectivity index (χ3n) is 5.67. The second-order valence-electron chi connectivity index (χ2n) is 8.13. The lowest BCUT2D eigenvalue weighted by atomic mass is 9.99. The number of hydrogen-bond donors (Lipinski definition) is 0. The Hall–Kier alpha value is -4.27. The van der Waals surface area contributed by atoms with Crippen LogP contribution in [0.2, 0.25) is 0 Å². The minimum Gasteiger partial charge on any atom is -0.486 e. The van der Waals surface area contributed by atoms with Crippen molar-refractivity contribution in [1.82, 2.24) is 0 Å². The summed E-state index contributed by atoms with van der Waals surface area (Å²) < 4.78 is 43.4. The van der Waals surface area contributed by atoms with Gasteiger partial charge in [0.1, 0.15) is 24.9 Å².